The minimum absolute atomic E-state index is 0.00464. The summed E-state index contributed by atoms with van der Waals surface area (Å²) in [5, 5.41) is 9.51. The van der Waals surface area contributed by atoms with E-state index in [1.165, 1.54) is 12.1 Å². The van der Waals surface area contributed by atoms with Gasteiger partial charge in [-0.3, -0.25) is 4.57 Å². The van der Waals surface area contributed by atoms with Gasteiger partial charge < -0.3 is 14.4 Å². The summed E-state index contributed by atoms with van der Waals surface area (Å²) in [5.74, 6) is -0.890. The lowest BCUT2D eigenvalue weighted by Crippen LogP contribution is -2.49. The zero-order valence-electron chi connectivity index (χ0n) is 19.7. The number of anilines is 1. The third-order valence-corrected chi connectivity index (χ3v) is 6.19. The van der Waals surface area contributed by atoms with E-state index in [2.05, 4.69) is 18.8 Å². The van der Waals surface area contributed by atoms with E-state index in [0.29, 0.717) is 30.1 Å². The van der Waals surface area contributed by atoms with Crippen LogP contribution >= 0.6 is 0 Å². The molecule has 2 heterocycles. The predicted octanol–water partition coefficient (Wildman–Crippen LogP) is 5.26. The van der Waals surface area contributed by atoms with Gasteiger partial charge in [0.1, 0.15) is 35.8 Å². The number of hydrogen-bond acceptors (Lipinski definition) is 6. The fourth-order valence-electron chi connectivity index (χ4n) is 3.81. The van der Waals surface area contributed by atoms with Crippen molar-refractivity contribution in [3.8, 4) is 23.4 Å². The normalized spacial score (nSPS) is 14.7. The number of alkyl halides is 3. The Morgan fingerprint density at radius 3 is 2.61 bits per heavy atom. The van der Waals surface area contributed by atoms with Crippen LogP contribution in [0.4, 0.5) is 23.4 Å². The van der Waals surface area contributed by atoms with Crippen LogP contribution < -0.4 is 20.1 Å². The number of hydrogen-bond donors (Lipinski definition) is 0. The number of aromatic nitrogens is 2. The summed E-state index contributed by atoms with van der Waals surface area (Å²) in [7, 11) is 1.89. The summed E-state index contributed by atoms with van der Waals surface area (Å²) < 4.78 is 65.2. The number of halogens is 4. The first kappa shape index (κ1) is 25.0. The molecule has 1 aliphatic rings. The number of fused-ring (bicyclic) bond motifs is 1. The van der Waals surface area contributed by atoms with E-state index in [4.69, 9.17) is 9.47 Å². The topological polar surface area (TPSA) is 80.4 Å². The van der Waals surface area contributed by atoms with Crippen molar-refractivity contribution in [3.05, 3.63) is 75.5 Å². The quantitative estimate of drug-likeness (QED) is 0.443. The van der Waals surface area contributed by atoms with E-state index in [1.807, 2.05) is 18.0 Å². The second-order valence-electron chi connectivity index (χ2n) is 8.98. The highest BCUT2D eigenvalue weighted by atomic mass is 19.4. The van der Waals surface area contributed by atoms with Crippen LogP contribution in [-0.4, -0.2) is 22.1 Å². The molecule has 0 amide bonds. The van der Waals surface area contributed by atoms with Crippen LogP contribution in [-0.2, 0) is 19.3 Å². The van der Waals surface area contributed by atoms with Crippen LogP contribution in [0, 0.1) is 17.1 Å². The van der Waals surface area contributed by atoms with Gasteiger partial charge in [0.25, 0.3) is 0 Å². The van der Waals surface area contributed by atoms with Gasteiger partial charge in [0.2, 0.25) is 5.88 Å². The lowest BCUT2D eigenvalue weighted by atomic mass is 9.96. The first-order chi connectivity index (χ1) is 16.9. The summed E-state index contributed by atoms with van der Waals surface area (Å²) in [4.78, 5) is 18.4. The van der Waals surface area contributed by atoms with E-state index >= 15 is 0 Å². The molecular formula is C25H22F4N4O3. The molecule has 188 valence electrons. The zero-order valence-corrected chi connectivity index (χ0v) is 19.7. The van der Waals surface area contributed by atoms with Gasteiger partial charge in [-0.15, -0.1) is 0 Å². The van der Waals surface area contributed by atoms with Gasteiger partial charge in [0.15, 0.2) is 0 Å². The summed E-state index contributed by atoms with van der Waals surface area (Å²) in [5.41, 5.74) is -1.46. The van der Waals surface area contributed by atoms with Gasteiger partial charge in [-0.25, -0.2) is 9.18 Å². The molecule has 0 saturated heterocycles. The third-order valence-electron chi connectivity index (χ3n) is 6.19. The first-order valence-electron chi connectivity index (χ1n) is 11.0. The Labute approximate surface area is 204 Å². The van der Waals surface area contributed by atoms with E-state index in [-0.39, 0.29) is 35.1 Å². The summed E-state index contributed by atoms with van der Waals surface area (Å²) in [6.07, 6.45) is -4.10. The molecule has 0 atom stereocenters. The van der Waals surface area contributed by atoms with Crippen molar-refractivity contribution in [3.63, 3.8) is 0 Å². The Bertz CT molecular complexity index is 1410. The van der Waals surface area contributed by atoms with Gasteiger partial charge >= 0.3 is 11.9 Å². The Balaban J connectivity index is 1.53. The van der Waals surface area contributed by atoms with Crippen molar-refractivity contribution in [2.75, 3.05) is 11.9 Å². The molecule has 7 nitrogen and oxygen atoms in total. The van der Waals surface area contributed by atoms with Crippen LogP contribution in [0.3, 0.4) is 0 Å². The molecule has 0 spiro atoms. The SMILES string of the molecule is CN1c2cc(OCc3ccc(Oc4ccc(F)c(C(F)(F)F)c4)c(C#N)c3)nc(=O)n2CCC1(C)C. The van der Waals surface area contributed by atoms with E-state index in [1.54, 1.807) is 16.7 Å². The Morgan fingerprint density at radius 1 is 1.17 bits per heavy atom. The number of rotatable bonds is 5. The fourth-order valence-corrected chi connectivity index (χ4v) is 3.81. The minimum Gasteiger partial charge on any atom is -0.473 e. The molecular weight excluding hydrogens is 480 g/mol. The molecule has 1 aliphatic heterocycles. The maximum absolute atomic E-state index is 13.5. The largest absolute Gasteiger partial charge is 0.473 e. The van der Waals surface area contributed by atoms with Gasteiger partial charge in [-0.1, -0.05) is 6.07 Å². The average molecular weight is 502 g/mol. The molecule has 36 heavy (non-hydrogen) atoms. The van der Waals surface area contributed by atoms with E-state index < -0.39 is 23.2 Å². The maximum atomic E-state index is 13.5. The molecule has 0 bridgehead atoms. The summed E-state index contributed by atoms with van der Waals surface area (Å²) in [6.45, 7) is 4.67. The highest BCUT2D eigenvalue weighted by Crippen LogP contribution is 2.36. The molecule has 0 unspecified atom stereocenters. The van der Waals surface area contributed by atoms with Gasteiger partial charge in [0, 0.05) is 25.2 Å². The Morgan fingerprint density at radius 2 is 1.92 bits per heavy atom. The van der Waals surface area contributed by atoms with Crippen molar-refractivity contribution in [2.45, 2.75) is 45.1 Å². The predicted molar refractivity (Wildman–Crippen MR) is 123 cm³/mol. The van der Waals surface area contributed by atoms with Crippen LogP contribution in [0.25, 0.3) is 0 Å². The van der Waals surface area contributed by atoms with E-state index in [9.17, 15) is 27.6 Å². The molecule has 0 fully saturated rings. The molecule has 0 aliphatic carbocycles. The van der Waals surface area contributed by atoms with Gasteiger partial charge in [0.05, 0.1) is 11.1 Å². The molecule has 2 aromatic carbocycles. The van der Waals surface area contributed by atoms with Crippen molar-refractivity contribution in [2.24, 2.45) is 0 Å². The molecule has 0 saturated carbocycles. The third kappa shape index (κ3) is 4.98. The summed E-state index contributed by atoms with van der Waals surface area (Å²) >= 11 is 0. The van der Waals surface area contributed by atoms with Crippen molar-refractivity contribution < 1.29 is 27.0 Å². The van der Waals surface area contributed by atoms with Crippen molar-refractivity contribution >= 4 is 5.82 Å². The van der Waals surface area contributed by atoms with Crippen molar-refractivity contribution in [1.82, 2.24) is 9.55 Å². The highest BCUT2D eigenvalue weighted by molar-refractivity contribution is 5.48. The molecule has 0 radical (unpaired) electrons. The second-order valence-corrected chi connectivity index (χ2v) is 8.98. The second kappa shape index (κ2) is 9.18. The standard InChI is InChI=1S/C25H22F4N4O3/c1-24(2)8-9-33-22(32(24)3)12-21(31-23(33)34)35-14-15-4-7-20(16(10-15)13-30)36-17-5-6-19(26)18(11-17)25(27,28)29/h4-7,10-12H,8-9,14H2,1-3H3. The smallest absolute Gasteiger partial charge is 0.419 e. The van der Waals surface area contributed by atoms with Crippen LogP contribution in [0.15, 0.2) is 47.3 Å². The van der Waals surface area contributed by atoms with Gasteiger partial charge in [-0.2, -0.15) is 23.4 Å². The molecule has 0 N–H and O–H groups in total. The molecule has 1 aromatic heterocycles. The number of nitriles is 1. The monoisotopic (exact) mass is 502 g/mol. The van der Waals surface area contributed by atoms with Crippen LogP contribution in [0.5, 0.6) is 17.4 Å². The Hall–Kier alpha value is -4.07. The lowest BCUT2D eigenvalue weighted by Gasteiger charge is -2.42. The fraction of sp³-hybridized carbons (Fsp3) is 0.320. The molecule has 11 heteroatoms. The van der Waals surface area contributed by atoms with E-state index in [0.717, 1.165) is 12.5 Å². The minimum atomic E-state index is -4.89. The number of nitrogens with zero attached hydrogens (tertiary/aromatic N) is 4. The van der Waals surface area contributed by atoms with Gasteiger partial charge in [-0.05, 0) is 56.2 Å². The molecule has 3 aromatic rings. The highest BCUT2D eigenvalue weighted by Gasteiger charge is 2.34. The molecule has 4 rings (SSSR count). The Kier molecular flexibility index (Phi) is 6.39. The number of ether oxygens (including phenoxy) is 2. The summed E-state index contributed by atoms with van der Waals surface area (Å²) in [6, 6.07) is 10.2. The maximum Gasteiger partial charge on any atom is 0.419 e. The first-order valence-corrected chi connectivity index (χ1v) is 11.0. The average Bonchev–Trinajstić information content (AvgIpc) is 2.81. The number of benzene rings is 2. The lowest BCUT2D eigenvalue weighted by molar-refractivity contribution is -0.140. The zero-order chi connectivity index (χ0) is 26.3. The van der Waals surface area contributed by atoms with Crippen molar-refractivity contribution in [1.29, 1.82) is 5.26 Å². The van der Waals surface area contributed by atoms with Crippen LogP contribution in [0.2, 0.25) is 0 Å². The van der Waals surface area contributed by atoms with Crippen LogP contribution in [0.1, 0.15) is 37.0 Å².